The van der Waals surface area contributed by atoms with Crippen LogP contribution in [0, 0.1) is 5.92 Å². The Balaban J connectivity index is 1.62. The number of hydrogen-bond acceptors (Lipinski definition) is 3. The van der Waals surface area contributed by atoms with Gasteiger partial charge >= 0.3 is 0 Å². The van der Waals surface area contributed by atoms with E-state index >= 15 is 0 Å². The van der Waals surface area contributed by atoms with Crippen LogP contribution in [0.25, 0.3) is 11.6 Å². The van der Waals surface area contributed by atoms with Gasteiger partial charge in [0.05, 0.1) is 12.3 Å². The van der Waals surface area contributed by atoms with E-state index in [4.69, 9.17) is 21.1 Å². The molecule has 0 atom stereocenters. The molecule has 1 heterocycles. The van der Waals surface area contributed by atoms with Gasteiger partial charge in [-0.1, -0.05) is 61.8 Å². The number of carbonyl (C=O) groups is 1. The van der Waals surface area contributed by atoms with E-state index in [0.29, 0.717) is 47.8 Å². The smallest absolute Gasteiger partial charge is 0.259 e. The molecule has 0 bridgehead atoms. The molecule has 0 radical (unpaired) electrons. The highest BCUT2D eigenvalue weighted by Crippen LogP contribution is 2.39. The van der Waals surface area contributed by atoms with Crippen LogP contribution in [0.1, 0.15) is 37.5 Å². The van der Waals surface area contributed by atoms with Crippen molar-refractivity contribution in [1.82, 2.24) is 0 Å². The lowest BCUT2D eigenvalue weighted by Crippen LogP contribution is -2.30. The minimum absolute atomic E-state index is 0.0316. The van der Waals surface area contributed by atoms with Crippen molar-refractivity contribution in [2.24, 2.45) is 5.92 Å². The number of nitrogens with zero attached hydrogens (tertiary/aromatic N) is 1. The van der Waals surface area contributed by atoms with Gasteiger partial charge in [0, 0.05) is 22.7 Å². The normalized spacial score (nSPS) is 14.2. The third kappa shape index (κ3) is 5.23. The summed E-state index contributed by atoms with van der Waals surface area (Å²) in [5.41, 5.74) is 4.49. The number of rotatable bonds is 8. The fraction of sp³-hybridized carbons (Fsp3) is 0.250. The zero-order valence-electron chi connectivity index (χ0n) is 19.2. The SMILES string of the molecule is CCOc1cc(/C=C2\C(=O)N(CC(C)C)c3ccccc32)ccc1OCc1cccc(Cl)c1. The van der Waals surface area contributed by atoms with Crippen molar-refractivity contribution >= 4 is 34.8 Å². The molecule has 4 rings (SSSR count). The molecule has 4 nitrogen and oxygen atoms in total. The van der Waals surface area contributed by atoms with Crippen LogP contribution in [0.2, 0.25) is 5.02 Å². The minimum atomic E-state index is 0.0316. The molecule has 1 aliphatic heterocycles. The van der Waals surface area contributed by atoms with Gasteiger partial charge in [0.15, 0.2) is 11.5 Å². The minimum Gasteiger partial charge on any atom is -0.490 e. The lowest BCUT2D eigenvalue weighted by atomic mass is 10.0. The van der Waals surface area contributed by atoms with Crippen molar-refractivity contribution in [3.8, 4) is 11.5 Å². The van der Waals surface area contributed by atoms with Crippen molar-refractivity contribution in [3.63, 3.8) is 0 Å². The van der Waals surface area contributed by atoms with E-state index in [1.54, 1.807) is 0 Å². The average Bonchev–Trinajstić information content (AvgIpc) is 3.04. The van der Waals surface area contributed by atoms with Gasteiger partial charge in [-0.25, -0.2) is 0 Å². The molecule has 0 fully saturated rings. The van der Waals surface area contributed by atoms with E-state index in [-0.39, 0.29) is 5.91 Å². The van der Waals surface area contributed by atoms with Gasteiger partial charge in [0.25, 0.3) is 5.91 Å². The van der Waals surface area contributed by atoms with Gasteiger partial charge in [-0.2, -0.15) is 0 Å². The first kappa shape index (κ1) is 22.9. The maximum Gasteiger partial charge on any atom is 0.259 e. The maximum atomic E-state index is 13.3. The standard InChI is InChI=1S/C28H28ClNO3/c1-4-32-27-16-20(12-13-26(27)33-18-21-8-7-9-22(29)14-21)15-24-23-10-5-6-11-25(23)30(28(24)31)17-19(2)3/h5-16,19H,4,17-18H2,1-3H3/b24-15-. The van der Waals surface area contributed by atoms with Crippen molar-refractivity contribution in [2.45, 2.75) is 27.4 Å². The van der Waals surface area contributed by atoms with E-state index in [1.165, 1.54) is 0 Å². The summed E-state index contributed by atoms with van der Waals surface area (Å²) in [5, 5.41) is 0.677. The molecule has 0 unspecified atom stereocenters. The molecule has 3 aromatic rings. The van der Waals surface area contributed by atoms with Crippen LogP contribution in [0.15, 0.2) is 66.7 Å². The second-order valence-corrected chi connectivity index (χ2v) is 8.88. The number of halogens is 1. The van der Waals surface area contributed by atoms with Crippen LogP contribution < -0.4 is 14.4 Å². The first-order chi connectivity index (χ1) is 16.0. The van der Waals surface area contributed by atoms with Crippen molar-refractivity contribution < 1.29 is 14.3 Å². The zero-order chi connectivity index (χ0) is 23.4. The van der Waals surface area contributed by atoms with Gasteiger partial charge < -0.3 is 14.4 Å². The van der Waals surface area contributed by atoms with E-state index in [9.17, 15) is 4.79 Å². The van der Waals surface area contributed by atoms with Gasteiger partial charge in [-0.3, -0.25) is 4.79 Å². The van der Waals surface area contributed by atoms with Gasteiger partial charge in [0.2, 0.25) is 0 Å². The fourth-order valence-electron chi connectivity index (χ4n) is 3.95. The van der Waals surface area contributed by atoms with Crippen LogP contribution in [-0.4, -0.2) is 19.1 Å². The lowest BCUT2D eigenvalue weighted by Gasteiger charge is -2.19. The Kier molecular flexibility index (Phi) is 7.05. The van der Waals surface area contributed by atoms with Crippen molar-refractivity contribution in [2.75, 3.05) is 18.1 Å². The Morgan fingerprint density at radius 1 is 0.970 bits per heavy atom. The van der Waals surface area contributed by atoms with Crippen LogP contribution >= 0.6 is 11.6 Å². The van der Waals surface area contributed by atoms with Crippen molar-refractivity contribution in [1.29, 1.82) is 0 Å². The van der Waals surface area contributed by atoms with E-state index in [2.05, 4.69) is 13.8 Å². The molecule has 0 saturated heterocycles. The highest BCUT2D eigenvalue weighted by molar-refractivity contribution is 6.35. The number of para-hydroxylation sites is 1. The maximum absolute atomic E-state index is 13.3. The summed E-state index contributed by atoms with van der Waals surface area (Å²) >= 11 is 6.08. The Hall–Kier alpha value is -3.24. The van der Waals surface area contributed by atoms with Crippen LogP contribution in [0.3, 0.4) is 0 Å². The number of ether oxygens (including phenoxy) is 2. The van der Waals surface area contributed by atoms with Gasteiger partial charge in [0.1, 0.15) is 6.61 Å². The summed E-state index contributed by atoms with van der Waals surface area (Å²) in [7, 11) is 0. The highest BCUT2D eigenvalue weighted by Gasteiger charge is 2.32. The molecule has 1 aliphatic rings. The molecule has 3 aromatic carbocycles. The predicted octanol–water partition coefficient (Wildman–Crippen LogP) is 6.86. The quantitative estimate of drug-likeness (QED) is 0.344. The number of carbonyl (C=O) groups excluding carboxylic acids is 1. The molecule has 0 aromatic heterocycles. The molecular formula is C28H28ClNO3. The topological polar surface area (TPSA) is 38.8 Å². The van der Waals surface area contributed by atoms with Crippen LogP contribution in [0.5, 0.6) is 11.5 Å². The zero-order valence-corrected chi connectivity index (χ0v) is 19.9. The summed E-state index contributed by atoms with van der Waals surface area (Å²) in [5.74, 6) is 1.70. The Morgan fingerprint density at radius 3 is 2.55 bits per heavy atom. The molecule has 33 heavy (non-hydrogen) atoms. The Morgan fingerprint density at radius 2 is 1.79 bits per heavy atom. The summed E-state index contributed by atoms with van der Waals surface area (Å²) in [6, 6.07) is 21.3. The second kappa shape index (κ2) is 10.1. The van der Waals surface area contributed by atoms with Gasteiger partial charge in [-0.05, 0) is 60.4 Å². The molecule has 0 aliphatic carbocycles. The number of fused-ring (bicyclic) bond motifs is 1. The Bertz CT molecular complexity index is 1190. The number of benzene rings is 3. The predicted molar refractivity (Wildman–Crippen MR) is 135 cm³/mol. The van der Waals surface area contributed by atoms with E-state index < -0.39 is 0 Å². The Labute approximate surface area is 200 Å². The largest absolute Gasteiger partial charge is 0.490 e. The fourth-order valence-corrected chi connectivity index (χ4v) is 4.16. The molecule has 170 valence electrons. The van der Waals surface area contributed by atoms with Crippen molar-refractivity contribution in [3.05, 3.63) is 88.4 Å². The average molecular weight is 462 g/mol. The summed E-state index contributed by atoms with van der Waals surface area (Å²) in [4.78, 5) is 15.1. The second-order valence-electron chi connectivity index (χ2n) is 8.44. The summed E-state index contributed by atoms with van der Waals surface area (Å²) < 4.78 is 11.9. The lowest BCUT2D eigenvalue weighted by molar-refractivity contribution is -0.113. The molecule has 0 N–H and O–H groups in total. The third-order valence-corrected chi connectivity index (χ3v) is 5.61. The number of amides is 1. The summed E-state index contributed by atoms with van der Waals surface area (Å²) in [6.45, 7) is 7.76. The van der Waals surface area contributed by atoms with Gasteiger partial charge in [-0.15, -0.1) is 0 Å². The number of anilines is 1. The highest BCUT2D eigenvalue weighted by atomic mass is 35.5. The van der Waals surface area contributed by atoms with Crippen LogP contribution in [0.4, 0.5) is 5.69 Å². The molecule has 1 amide bonds. The molecule has 5 heteroatoms. The third-order valence-electron chi connectivity index (χ3n) is 5.37. The van der Waals surface area contributed by atoms with E-state index in [1.807, 2.05) is 84.6 Å². The molecule has 0 saturated carbocycles. The molecule has 0 spiro atoms. The first-order valence-corrected chi connectivity index (χ1v) is 11.6. The monoisotopic (exact) mass is 461 g/mol. The van der Waals surface area contributed by atoms with Crippen LogP contribution in [-0.2, 0) is 11.4 Å². The van der Waals surface area contributed by atoms with E-state index in [0.717, 1.165) is 22.4 Å². The summed E-state index contributed by atoms with van der Waals surface area (Å²) in [6.07, 6.45) is 1.94. The first-order valence-electron chi connectivity index (χ1n) is 11.2. The molecular weight excluding hydrogens is 434 g/mol. The number of hydrogen-bond donors (Lipinski definition) is 0.